The minimum atomic E-state index is -0.323. The number of hydrogen-bond acceptors (Lipinski definition) is 3. The van der Waals surface area contributed by atoms with Gasteiger partial charge in [0.2, 0.25) is 0 Å². The number of nitrogens with one attached hydrogen (secondary N) is 3. The molecule has 0 bridgehead atoms. The van der Waals surface area contributed by atoms with E-state index in [9.17, 15) is 4.79 Å². The summed E-state index contributed by atoms with van der Waals surface area (Å²) in [5.74, 6) is 0.314. The van der Waals surface area contributed by atoms with Crippen LogP contribution in [0.2, 0.25) is 0 Å². The topological polar surface area (TPSA) is 62.4 Å². The van der Waals surface area contributed by atoms with E-state index in [2.05, 4.69) is 16.2 Å². The largest absolute Gasteiger partial charge is 0.484 e. The average Bonchev–Trinajstić information content (AvgIpc) is 2.53. The molecule has 0 heterocycles. The molecule has 0 spiro atoms. The fourth-order valence-electron chi connectivity index (χ4n) is 1.51. The van der Waals surface area contributed by atoms with Crippen molar-refractivity contribution in [2.45, 2.75) is 0 Å². The summed E-state index contributed by atoms with van der Waals surface area (Å²) in [5, 5.41) is 3.24. The van der Waals surface area contributed by atoms with Crippen molar-refractivity contribution in [3.05, 3.63) is 60.7 Å². The van der Waals surface area contributed by atoms with Gasteiger partial charge in [-0.25, -0.2) is 0 Å². The Morgan fingerprint density at radius 3 is 2.24 bits per heavy atom. The Kier molecular flexibility index (Phi) is 5.54. The highest BCUT2D eigenvalue weighted by Crippen LogP contribution is 2.07. The van der Waals surface area contributed by atoms with Crippen molar-refractivity contribution in [1.82, 2.24) is 10.9 Å². The van der Waals surface area contributed by atoms with Gasteiger partial charge in [0, 0.05) is 5.69 Å². The minimum Gasteiger partial charge on any atom is -0.484 e. The number of benzene rings is 2. The van der Waals surface area contributed by atoms with Crippen LogP contribution in [0.4, 0.5) is 5.69 Å². The summed E-state index contributed by atoms with van der Waals surface area (Å²) in [7, 11) is 0. The zero-order valence-corrected chi connectivity index (χ0v) is 12.0. The van der Waals surface area contributed by atoms with Gasteiger partial charge >= 0.3 is 0 Å². The van der Waals surface area contributed by atoms with E-state index < -0.39 is 0 Å². The highest BCUT2D eigenvalue weighted by atomic mass is 32.1. The van der Waals surface area contributed by atoms with Crippen LogP contribution in [0, 0.1) is 0 Å². The first-order valence-electron chi connectivity index (χ1n) is 6.33. The maximum atomic E-state index is 11.6. The van der Waals surface area contributed by atoms with E-state index in [1.807, 2.05) is 48.5 Å². The lowest BCUT2D eigenvalue weighted by molar-refractivity contribution is -0.123. The van der Waals surface area contributed by atoms with Crippen LogP contribution in [-0.4, -0.2) is 17.6 Å². The summed E-state index contributed by atoms with van der Waals surface area (Å²) in [5.41, 5.74) is 5.90. The number of para-hydroxylation sites is 2. The molecule has 6 heteroatoms. The van der Waals surface area contributed by atoms with E-state index in [4.69, 9.17) is 17.0 Å². The molecule has 0 unspecified atom stereocenters. The van der Waals surface area contributed by atoms with E-state index >= 15 is 0 Å². The molecule has 0 aromatic heterocycles. The van der Waals surface area contributed by atoms with E-state index in [-0.39, 0.29) is 12.5 Å². The van der Waals surface area contributed by atoms with Crippen LogP contribution in [0.1, 0.15) is 0 Å². The molecule has 0 aliphatic rings. The molecule has 2 aromatic rings. The number of hydrazine groups is 1. The Bertz CT molecular complexity index is 590. The number of thiocarbonyl (C=S) groups is 1. The van der Waals surface area contributed by atoms with Crippen LogP contribution < -0.4 is 20.9 Å². The van der Waals surface area contributed by atoms with Gasteiger partial charge in [0.15, 0.2) is 11.7 Å². The second kappa shape index (κ2) is 7.86. The molecule has 0 aliphatic carbocycles. The Morgan fingerprint density at radius 2 is 1.57 bits per heavy atom. The third-order valence-electron chi connectivity index (χ3n) is 2.46. The molecule has 3 N–H and O–H groups in total. The lowest BCUT2D eigenvalue weighted by Gasteiger charge is -2.12. The van der Waals surface area contributed by atoms with Gasteiger partial charge in [-0.3, -0.25) is 15.6 Å². The van der Waals surface area contributed by atoms with Gasteiger partial charge in [0.25, 0.3) is 5.91 Å². The van der Waals surface area contributed by atoms with Gasteiger partial charge in [0.1, 0.15) is 5.75 Å². The zero-order valence-electron chi connectivity index (χ0n) is 11.2. The van der Waals surface area contributed by atoms with Crippen molar-refractivity contribution in [3.63, 3.8) is 0 Å². The SMILES string of the molecule is O=C(COc1ccccc1)NNC(=S)Nc1ccccc1. The molecular weight excluding hydrogens is 286 g/mol. The quantitative estimate of drug-likeness (QED) is 0.596. The smallest absolute Gasteiger partial charge is 0.276 e. The monoisotopic (exact) mass is 301 g/mol. The van der Waals surface area contributed by atoms with Crippen LogP contribution in [0.15, 0.2) is 60.7 Å². The number of hydrogen-bond donors (Lipinski definition) is 3. The summed E-state index contributed by atoms with van der Waals surface area (Å²) >= 11 is 5.05. The Labute approximate surface area is 128 Å². The van der Waals surface area contributed by atoms with E-state index in [0.717, 1.165) is 5.69 Å². The predicted octanol–water partition coefficient (Wildman–Crippen LogP) is 2.08. The van der Waals surface area contributed by atoms with Crippen molar-refractivity contribution in [1.29, 1.82) is 0 Å². The Morgan fingerprint density at radius 1 is 0.952 bits per heavy atom. The average molecular weight is 301 g/mol. The van der Waals surface area contributed by atoms with E-state index in [0.29, 0.717) is 10.9 Å². The van der Waals surface area contributed by atoms with Gasteiger partial charge in [-0.1, -0.05) is 36.4 Å². The fourth-order valence-corrected chi connectivity index (χ4v) is 1.68. The summed E-state index contributed by atoms with van der Waals surface area (Å²) in [4.78, 5) is 11.6. The lowest BCUT2D eigenvalue weighted by Crippen LogP contribution is -2.45. The summed E-state index contributed by atoms with van der Waals surface area (Å²) < 4.78 is 5.30. The molecule has 5 nitrogen and oxygen atoms in total. The first-order valence-corrected chi connectivity index (χ1v) is 6.73. The minimum absolute atomic E-state index is 0.0923. The maximum Gasteiger partial charge on any atom is 0.276 e. The molecule has 0 saturated heterocycles. The van der Waals surface area contributed by atoms with Crippen molar-refractivity contribution < 1.29 is 9.53 Å². The van der Waals surface area contributed by atoms with Crippen LogP contribution in [0.25, 0.3) is 0 Å². The summed E-state index contributed by atoms with van der Waals surface area (Å²) in [6.07, 6.45) is 0. The molecule has 2 rings (SSSR count). The molecule has 0 radical (unpaired) electrons. The van der Waals surface area contributed by atoms with Gasteiger partial charge in [-0.05, 0) is 36.5 Å². The van der Waals surface area contributed by atoms with Gasteiger partial charge < -0.3 is 10.1 Å². The number of carbonyl (C=O) groups excluding carboxylic acids is 1. The van der Waals surface area contributed by atoms with Crippen LogP contribution in [-0.2, 0) is 4.79 Å². The second-order valence-corrected chi connectivity index (χ2v) is 4.50. The summed E-state index contributed by atoms with van der Waals surface area (Å²) in [6.45, 7) is -0.0923. The highest BCUT2D eigenvalue weighted by molar-refractivity contribution is 7.80. The van der Waals surface area contributed by atoms with Crippen molar-refractivity contribution >= 4 is 28.9 Å². The van der Waals surface area contributed by atoms with E-state index in [1.165, 1.54) is 0 Å². The fraction of sp³-hybridized carbons (Fsp3) is 0.0667. The Balaban J connectivity index is 1.68. The van der Waals surface area contributed by atoms with Crippen LogP contribution >= 0.6 is 12.2 Å². The summed E-state index contributed by atoms with van der Waals surface area (Å²) in [6, 6.07) is 18.5. The maximum absolute atomic E-state index is 11.6. The van der Waals surface area contributed by atoms with Crippen LogP contribution in [0.5, 0.6) is 5.75 Å². The molecule has 0 aliphatic heterocycles. The molecule has 0 saturated carbocycles. The number of carbonyl (C=O) groups is 1. The van der Waals surface area contributed by atoms with Crippen molar-refractivity contribution in [2.75, 3.05) is 11.9 Å². The normalized spacial score (nSPS) is 9.52. The molecule has 21 heavy (non-hydrogen) atoms. The standard InChI is InChI=1S/C15H15N3O2S/c19-14(11-20-13-9-5-2-6-10-13)17-18-15(21)16-12-7-3-1-4-8-12/h1-10H,11H2,(H,17,19)(H2,16,18,21). The molecule has 108 valence electrons. The predicted molar refractivity (Wildman–Crippen MR) is 85.9 cm³/mol. The second-order valence-electron chi connectivity index (χ2n) is 4.10. The number of rotatable bonds is 4. The van der Waals surface area contributed by atoms with Crippen molar-refractivity contribution in [2.24, 2.45) is 0 Å². The van der Waals surface area contributed by atoms with Gasteiger partial charge in [-0.2, -0.15) is 0 Å². The van der Waals surface area contributed by atoms with Crippen molar-refractivity contribution in [3.8, 4) is 5.75 Å². The number of ether oxygens (including phenoxy) is 1. The lowest BCUT2D eigenvalue weighted by atomic mass is 10.3. The first-order chi connectivity index (χ1) is 10.2. The first kappa shape index (κ1) is 14.8. The Hall–Kier alpha value is -2.60. The third kappa shape index (κ3) is 5.50. The number of anilines is 1. The van der Waals surface area contributed by atoms with Gasteiger partial charge in [0.05, 0.1) is 0 Å². The zero-order chi connectivity index (χ0) is 14.9. The molecule has 2 aromatic carbocycles. The molecular formula is C15H15N3O2S. The molecule has 0 atom stereocenters. The van der Waals surface area contributed by atoms with E-state index in [1.54, 1.807) is 12.1 Å². The van der Waals surface area contributed by atoms with Crippen LogP contribution in [0.3, 0.4) is 0 Å². The van der Waals surface area contributed by atoms with Gasteiger partial charge in [-0.15, -0.1) is 0 Å². The number of amides is 1. The third-order valence-corrected chi connectivity index (χ3v) is 2.66. The molecule has 1 amide bonds. The highest BCUT2D eigenvalue weighted by Gasteiger charge is 2.03. The molecule has 0 fully saturated rings.